The Morgan fingerprint density at radius 1 is 1.09 bits per heavy atom. The number of hydrogen-bond acceptors (Lipinski definition) is 7. The van der Waals surface area contributed by atoms with E-state index >= 15 is 0 Å². The van der Waals surface area contributed by atoms with E-state index in [2.05, 4.69) is 6.58 Å². The number of fused-ring (bicyclic) bond motifs is 1. The molecule has 0 aromatic rings. The minimum Gasteiger partial charge on any atom is -0.481 e. The Labute approximate surface area is 192 Å². The first-order valence-corrected chi connectivity index (χ1v) is 11.6. The van der Waals surface area contributed by atoms with Gasteiger partial charge in [0.1, 0.15) is 18.0 Å². The van der Waals surface area contributed by atoms with Crippen LogP contribution in [0.2, 0.25) is 0 Å². The lowest BCUT2D eigenvalue weighted by Gasteiger charge is -2.41. The Morgan fingerprint density at radius 3 is 2.33 bits per heavy atom. The van der Waals surface area contributed by atoms with E-state index < -0.39 is 59.3 Å². The second kappa shape index (κ2) is 10.1. The fraction of sp³-hybridized carbons (Fsp3) is 0.708. The van der Waals surface area contributed by atoms with Crippen LogP contribution < -0.4 is 0 Å². The van der Waals surface area contributed by atoms with Gasteiger partial charge in [0.05, 0.1) is 17.3 Å². The summed E-state index contributed by atoms with van der Waals surface area (Å²) < 4.78 is 11.2. The van der Waals surface area contributed by atoms with Crippen LogP contribution in [0.4, 0.5) is 0 Å². The molecule has 3 aliphatic rings. The average molecular weight is 465 g/mol. The highest BCUT2D eigenvalue weighted by atomic mass is 16.6. The van der Waals surface area contributed by atoms with Crippen molar-refractivity contribution in [2.45, 2.75) is 83.3 Å². The van der Waals surface area contributed by atoms with Crippen molar-refractivity contribution in [3.8, 4) is 0 Å². The number of aliphatic carboxylic acids is 2. The predicted molar refractivity (Wildman–Crippen MR) is 114 cm³/mol. The Kier molecular flexibility index (Phi) is 7.59. The van der Waals surface area contributed by atoms with E-state index in [-0.39, 0.29) is 37.0 Å². The summed E-state index contributed by atoms with van der Waals surface area (Å²) in [5.74, 6) is -6.26. The van der Waals surface area contributed by atoms with Crippen molar-refractivity contribution < 1.29 is 43.7 Å². The van der Waals surface area contributed by atoms with Gasteiger partial charge in [0.25, 0.3) is 0 Å². The molecule has 1 heterocycles. The summed E-state index contributed by atoms with van der Waals surface area (Å²) >= 11 is 0. The third-order valence-corrected chi connectivity index (χ3v) is 7.50. The van der Waals surface area contributed by atoms with Crippen molar-refractivity contribution in [2.75, 3.05) is 0 Å². The van der Waals surface area contributed by atoms with E-state index in [9.17, 15) is 34.2 Å². The summed E-state index contributed by atoms with van der Waals surface area (Å²) in [5, 5.41) is 19.9. The number of ketones is 1. The van der Waals surface area contributed by atoms with Crippen molar-refractivity contribution in [1.82, 2.24) is 0 Å². The quantitative estimate of drug-likeness (QED) is 0.429. The topological polar surface area (TPSA) is 144 Å². The number of Topliss-reactive ketones (excluding diaryl/α,β-unsaturated/α-hetero) is 1. The van der Waals surface area contributed by atoms with Crippen molar-refractivity contribution in [3.05, 3.63) is 12.2 Å². The van der Waals surface area contributed by atoms with E-state index in [1.165, 1.54) is 6.92 Å². The van der Waals surface area contributed by atoms with Gasteiger partial charge < -0.3 is 19.7 Å². The largest absolute Gasteiger partial charge is 0.481 e. The minimum absolute atomic E-state index is 0.0581. The number of carboxylic acid groups (broad SMARTS) is 2. The molecule has 1 aliphatic heterocycles. The van der Waals surface area contributed by atoms with Gasteiger partial charge in [-0.15, -0.1) is 0 Å². The average Bonchev–Trinajstić information content (AvgIpc) is 2.89. The van der Waals surface area contributed by atoms with Gasteiger partial charge >= 0.3 is 23.9 Å². The maximum Gasteiger partial charge on any atom is 0.333 e. The van der Waals surface area contributed by atoms with E-state index in [0.717, 1.165) is 12.8 Å². The van der Waals surface area contributed by atoms with Crippen molar-refractivity contribution in [1.29, 1.82) is 0 Å². The normalized spacial score (nSPS) is 33.1. The molecule has 0 aromatic heterocycles. The number of esters is 2. The monoisotopic (exact) mass is 464 g/mol. The number of carboxylic acids is 2. The van der Waals surface area contributed by atoms with Crippen molar-refractivity contribution >= 4 is 29.7 Å². The maximum absolute atomic E-state index is 13.0. The van der Waals surface area contributed by atoms with Gasteiger partial charge in [0.15, 0.2) is 0 Å². The van der Waals surface area contributed by atoms with Gasteiger partial charge in [-0.3, -0.25) is 19.2 Å². The number of ether oxygens (including phenoxy) is 2. The number of carbonyl (C=O) groups excluding carboxylic acids is 3. The van der Waals surface area contributed by atoms with Crippen molar-refractivity contribution in [3.63, 3.8) is 0 Å². The summed E-state index contributed by atoms with van der Waals surface area (Å²) in [5.41, 5.74) is -1.65. The van der Waals surface area contributed by atoms with Crippen LogP contribution in [-0.2, 0) is 33.4 Å². The molecule has 3 fully saturated rings. The van der Waals surface area contributed by atoms with E-state index in [0.29, 0.717) is 25.7 Å². The zero-order chi connectivity index (χ0) is 24.3. The standard InChI is InChI=1S/C24H32O9/c1-13(2)21(28)33-19(12-24(23(30)31)10-6-5-9-16(24)20(26)27)18-11-17(25)14-7-3-4-8-15(14)22(29)32-18/h14-16,18-19H,1,3-12H2,2H3,(H,26,27)(H,30,31). The van der Waals surface area contributed by atoms with Crippen LogP contribution in [0.1, 0.15) is 71.1 Å². The van der Waals surface area contributed by atoms with Gasteiger partial charge in [0, 0.05) is 24.3 Å². The lowest BCUT2D eigenvalue weighted by Crippen LogP contribution is -2.50. The third kappa shape index (κ3) is 5.12. The SMILES string of the molecule is C=C(C)C(=O)OC(CC1(C(=O)O)CCCCC1C(=O)O)C1CC(=O)C2CCCCC2C(=O)O1. The highest BCUT2D eigenvalue weighted by Gasteiger charge is 2.54. The molecule has 3 rings (SSSR count). The first-order chi connectivity index (χ1) is 15.6. The lowest BCUT2D eigenvalue weighted by molar-refractivity contribution is -0.180. The van der Waals surface area contributed by atoms with E-state index in [1.807, 2.05) is 0 Å². The summed E-state index contributed by atoms with van der Waals surface area (Å²) in [6.07, 6.45) is 1.09. The summed E-state index contributed by atoms with van der Waals surface area (Å²) in [6, 6.07) is 0. The van der Waals surface area contributed by atoms with Gasteiger partial charge in [-0.2, -0.15) is 0 Å². The van der Waals surface area contributed by atoms with E-state index in [1.54, 1.807) is 0 Å². The molecule has 33 heavy (non-hydrogen) atoms. The number of rotatable bonds is 7. The zero-order valence-electron chi connectivity index (χ0n) is 18.9. The molecular formula is C24H32O9. The summed E-state index contributed by atoms with van der Waals surface area (Å²) in [6.45, 7) is 4.97. The maximum atomic E-state index is 13.0. The fourth-order valence-electron chi connectivity index (χ4n) is 5.67. The molecular weight excluding hydrogens is 432 g/mol. The summed E-state index contributed by atoms with van der Waals surface area (Å²) in [4.78, 5) is 62.7. The van der Waals surface area contributed by atoms with Gasteiger partial charge in [0.2, 0.25) is 0 Å². The van der Waals surface area contributed by atoms with Gasteiger partial charge in [-0.1, -0.05) is 32.3 Å². The molecule has 2 N–H and O–H groups in total. The molecule has 0 aromatic carbocycles. The first kappa shape index (κ1) is 24.9. The van der Waals surface area contributed by atoms with Gasteiger partial charge in [-0.25, -0.2) is 4.79 Å². The molecule has 6 unspecified atom stereocenters. The van der Waals surface area contributed by atoms with Crippen LogP contribution in [0.15, 0.2) is 12.2 Å². The zero-order valence-corrected chi connectivity index (χ0v) is 18.9. The Hall–Kier alpha value is -2.71. The van der Waals surface area contributed by atoms with Crippen LogP contribution >= 0.6 is 0 Å². The summed E-state index contributed by atoms with van der Waals surface area (Å²) in [7, 11) is 0. The molecule has 0 radical (unpaired) electrons. The van der Waals surface area contributed by atoms with Crippen molar-refractivity contribution in [2.24, 2.45) is 23.2 Å². The number of carbonyl (C=O) groups is 5. The number of cyclic esters (lactones) is 1. The molecule has 2 saturated carbocycles. The predicted octanol–water partition coefficient (Wildman–Crippen LogP) is 2.90. The van der Waals surface area contributed by atoms with Crippen LogP contribution in [0.5, 0.6) is 0 Å². The Balaban J connectivity index is 1.96. The molecule has 1 saturated heterocycles. The highest BCUT2D eigenvalue weighted by molar-refractivity contribution is 5.90. The lowest BCUT2D eigenvalue weighted by atomic mass is 9.63. The molecule has 0 amide bonds. The molecule has 6 atom stereocenters. The molecule has 0 bridgehead atoms. The Bertz CT molecular complexity index is 821. The highest BCUT2D eigenvalue weighted by Crippen LogP contribution is 2.47. The Morgan fingerprint density at radius 2 is 1.73 bits per heavy atom. The van der Waals surface area contributed by atoms with Crippen LogP contribution in [0.25, 0.3) is 0 Å². The van der Waals surface area contributed by atoms with Crippen LogP contribution in [-0.4, -0.2) is 52.1 Å². The smallest absolute Gasteiger partial charge is 0.333 e. The fourth-order valence-corrected chi connectivity index (χ4v) is 5.67. The first-order valence-electron chi connectivity index (χ1n) is 11.6. The molecule has 0 spiro atoms. The molecule has 2 aliphatic carbocycles. The molecule has 9 nitrogen and oxygen atoms in total. The molecule has 182 valence electrons. The van der Waals surface area contributed by atoms with Crippen LogP contribution in [0, 0.1) is 23.2 Å². The molecule has 9 heteroatoms. The number of hydrogen-bond donors (Lipinski definition) is 2. The minimum atomic E-state index is -1.71. The second-order valence-corrected chi connectivity index (χ2v) is 9.67. The van der Waals surface area contributed by atoms with E-state index in [4.69, 9.17) is 9.47 Å². The third-order valence-electron chi connectivity index (χ3n) is 7.50. The second-order valence-electron chi connectivity index (χ2n) is 9.67. The van der Waals surface area contributed by atoms with Crippen LogP contribution in [0.3, 0.4) is 0 Å². The van der Waals surface area contributed by atoms with Gasteiger partial charge in [-0.05, 0) is 32.6 Å².